The lowest BCUT2D eigenvalue weighted by atomic mass is 10.2. The summed E-state index contributed by atoms with van der Waals surface area (Å²) >= 11 is -4.41. The third-order valence-corrected chi connectivity index (χ3v) is 4.22. The first-order chi connectivity index (χ1) is 13.5. The summed E-state index contributed by atoms with van der Waals surface area (Å²) in [5.41, 5.74) is 2.18. The molecule has 29 heavy (non-hydrogen) atoms. The lowest BCUT2D eigenvalue weighted by Crippen LogP contribution is -2.48. The Morgan fingerprint density at radius 1 is 1.07 bits per heavy atom. The molecule has 1 aromatic heterocycles. The molecule has 2 rings (SSSR count). The molecule has 0 saturated carbocycles. The SMILES string of the molecule is CCCCCC[n+]1cc(-c2ccccc2)n[nH]1.O=S([O-])N(C(F)(F)F)C(F)(F)F. The second-order valence-corrected chi connectivity index (χ2v) is 6.59. The number of unbranched alkanes of at least 4 members (excludes halogenated alkanes) is 3. The number of rotatable bonds is 7. The third-order valence-electron chi connectivity index (χ3n) is 3.51. The smallest absolute Gasteiger partial charge is 0.477 e. The number of nitrogens with zero attached hydrogens (tertiary/aromatic N) is 3. The van der Waals surface area contributed by atoms with Crippen LogP contribution in [0.3, 0.4) is 0 Å². The Morgan fingerprint density at radius 2 is 1.66 bits per heavy atom. The second kappa shape index (κ2) is 11.3. The zero-order valence-corrected chi connectivity index (χ0v) is 16.2. The minimum Gasteiger partial charge on any atom is -0.759 e. The van der Waals surface area contributed by atoms with Gasteiger partial charge >= 0.3 is 12.6 Å². The van der Waals surface area contributed by atoms with Crippen LogP contribution in [-0.2, 0) is 17.8 Å². The van der Waals surface area contributed by atoms with E-state index in [4.69, 9.17) is 0 Å². The van der Waals surface area contributed by atoms with Gasteiger partial charge in [-0.05, 0) is 17.1 Å². The third kappa shape index (κ3) is 8.92. The number of aryl methyl sites for hydroxylation is 1. The zero-order chi connectivity index (χ0) is 22.1. The van der Waals surface area contributed by atoms with E-state index in [0.29, 0.717) is 0 Å². The number of aromatic nitrogens is 3. The predicted molar refractivity (Wildman–Crippen MR) is 91.2 cm³/mol. The Hall–Kier alpha value is -1.99. The fourth-order valence-electron chi connectivity index (χ4n) is 2.21. The number of halogens is 6. The standard InChI is InChI=1S/C14H19N3.C2HF6NO2S/c1-2-3-4-8-11-17-12-14(15-16-17)13-9-6-5-7-10-13;3-1(4,5)9(12(10)11)2(6,7)8/h5-7,9-10,12H,2-4,8,11H2,1H3;(H,10,11). The van der Waals surface area contributed by atoms with Gasteiger partial charge in [0.25, 0.3) is 0 Å². The Labute approximate surface area is 165 Å². The highest BCUT2D eigenvalue weighted by Crippen LogP contribution is 2.34. The van der Waals surface area contributed by atoms with Crippen molar-refractivity contribution in [2.45, 2.75) is 51.8 Å². The molecule has 0 spiro atoms. The molecule has 1 aromatic carbocycles. The summed E-state index contributed by atoms with van der Waals surface area (Å²) in [5, 5.41) is 7.37. The van der Waals surface area contributed by atoms with Gasteiger partial charge in [0.15, 0.2) is 6.20 Å². The molecule has 0 aliphatic carbocycles. The van der Waals surface area contributed by atoms with E-state index >= 15 is 0 Å². The topological polar surface area (TPSA) is 75.9 Å². The summed E-state index contributed by atoms with van der Waals surface area (Å²) in [6, 6.07) is 10.3. The maximum atomic E-state index is 11.3. The molecule has 0 aliphatic rings. The molecule has 0 aliphatic heterocycles. The number of aromatic amines is 1. The minimum atomic E-state index is -5.98. The van der Waals surface area contributed by atoms with E-state index in [2.05, 4.69) is 40.2 Å². The molecule has 0 fully saturated rings. The fraction of sp³-hybridized carbons (Fsp3) is 0.500. The summed E-state index contributed by atoms with van der Waals surface area (Å²) in [5.74, 6) is 0. The van der Waals surface area contributed by atoms with E-state index < -0.39 is 28.2 Å². The maximum absolute atomic E-state index is 11.3. The van der Waals surface area contributed by atoms with Crippen LogP contribution in [0.15, 0.2) is 36.5 Å². The van der Waals surface area contributed by atoms with Crippen LogP contribution in [0.5, 0.6) is 0 Å². The van der Waals surface area contributed by atoms with Crippen molar-refractivity contribution in [2.75, 3.05) is 0 Å². The van der Waals surface area contributed by atoms with Crippen molar-refractivity contribution in [1.29, 1.82) is 0 Å². The van der Waals surface area contributed by atoms with Gasteiger partial charge in [-0.2, -0.15) is 31.0 Å². The Balaban J connectivity index is 0.000000311. The van der Waals surface area contributed by atoms with Crippen LogP contribution in [0.2, 0.25) is 0 Å². The van der Waals surface area contributed by atoms with Crippen molar-refractivity contribution in [3.63, 3.8) is 0 Å². The Bertz CT molecular complexity index is 738. The van der Waals surface area contributed by atoms with Crippen LogP contribution in [0, 0.1) is 0 Å². The van der Waals surface area contributed by atoms with E-state index in [0.717, 1.165) is 17.8 Å². The largest absolute Gasteiger partial charge is 0.759 e. The fourth-order valence-corrected chi connectivity index (χ4v) is 2.55. The van der Waals surface area contributed by atoms with Gasteiger partial charge in [-0.25, -0.2) is 0 Å². The number of benzene rings is 1. The average Bonchev–Trinajstić information content (AvgIpc) is 3.06. The van der Waals surface area contributed by atoms with Crippen LogP contribution < -0.4 is 4.68 Å². The molecule has 1 unspecified atom stereocenters. The quantitative estimate of drug-likeness (QED) is 0.229. The number of nitrogens with one attached hydrogen (secondary N) is 1. The molecule has 13 heteroatoms. The highest BCUT2D eigenvalue weighted by molar-refractivity contribution is 7.76. The van der Waals surface area contributed by atoms with Gasteiger partial charge in [-0.3, -0.25) is 4.21 Å². The lowest BCUT2D eigenvalue weighted by molar-refractivity contribution is -0.753. The molecule has 2 aromatic rings. The van der Waals surface area contributed by atoms with Gasteiger partial charge in [-0.15, -0.1) is 0 Å². The van der Waals surface area contributed by atoms with E-state index in [1.165, 1.54) is 25.7 Å². The molecule has 164 valence electrons. The maximum Gasteiger partial charge on any atom is 0.477 e. The van der Waals surface area contributed by atoms with Crippen molar-refractivity contribution in [3.8, 4) is 11.3 Å². The minimum absolute atomic E-state index is 1.01. The van der Waals surface area contributed by atoms with Crippen LogP contribution in [0.25, 0.3) is 11.3 Å². The molecule has 1 atom stereocenters. The van der Waals surface area contributed by atoms with Crippen molar-refractivity contribution < 1.29 is 39.8 Å². The Kier molecular flexibility index (Phi) is 9.73. The molecule has 0 radical (unpaired) electrons. The Morgan fingerprint density at radius 3 is 2.10 bits per heavy atom. The number of H-pyrrole nitrogens is 1. The first-order valence-electron chi connectivity index (χ1n) is 8.50. The van der Waals surface area contributed by atoms with Crippen molar-refractivity contribution in [1.82, 2.24) is 14.6 Å². The van der Waals surface area contributed by atoms with E-state index in [1.54, 1.807) is 0 Å². The van der Waals surface area contributed by atoms with E-state index in [1.807, 2.05) is 18.2 Å². The van der Waals surface area contributed by atoms with Gasteiger partial charge in [0.2, 0.25) is 5.69 Å². The van der Waals surface area contributed by atoms with Gasteiger partial charge < -0.3 is 4.55 Å². The van der Waals surface area contributed by atoms with Gasteiger partial charge in [0, 0.05) is 21.9 Å². The molecular weight excluding hydrogens is 426 g/mol. The molecule has 0 amide bonds. The lowest BCUT2D eigenvalue weighted by Gasteiger charge is -2.27. The number of hydrogen-bond acceptors (Lipinski definition) is 3. The van der Waals surface area contributed by atoms with Gasteiger partial charge in [0.05, 0.1) is 0 Å². The first kappa shape index (κ1) is 25.0. The number of alkyl halides is 6. The zero-order valence-electron chi connectivity index (χ0n) is 15.3. The van der Waals surface area contributed by atoms with Crippen LogP contribution in [0.4, 0.5) is 26.3 Å². The van der Waals surface area contributed by atoms with Crippen molar-refractivity contribution in [3.05, 3.63) is 36.5 Å². The van der Waals surface area contributed by atoms with Crippen molar-refractivity contribution >= 4 is 11.3 Å². The van der Waals surface area contributed by atoms with Crippen LogP contribution >= 0.6 is 0 Å². The summed E-state index contributed by atoms with van der Waals surface area (Å²) in [7, 11) is 0. The monoisotopic (exact) mass is 446 g/mol. The number of hydrogen-bond donors (Lipinski definition) is 1. The molecule has 0 bridgehead atoms. The molecule has 0 saturated heterocycles. The van der Waals surface area contributed by atoms with E-state index in [9.17, 15) is 35.1 Å². The highest BCUT2D eigenvalue weighted by atomic mass is 32.2. The van der Waals surface area contributed by atoms with Crippen molar-refractivity contribution in [2.24, 2.45) is 0 Å². The summed E-state index contributed by atoms with van der Waals surface area (Å²) in [6.07, 6.45) is -4.77. The van der Waals surface area contributed by atoms with Gasteiger partial charge in [0.1, 0.15) is 6.54 Å². The first-order valence-corrected chi connectivity index (χ1v) is 9.53. The summed E-state index contributed by atoms with van der Waals surface area (Å²) < 4.78 is 86.2. The van der Waals surface area contributed by atoms with E-state index in [-0.39, 0.29) is 0 Å². The van der Waals surface area contributed by atoms with Crippen LogP contribution in [-0.4, -0.2) is 36.0 Å². The second-order valence-electron chi connectivity index (χ2n) is 5.79. The summed E-state index contributed by atoms with van der Waals surface area (Å²) in [6.45, 7) is 3.26. The predicted octanol–water partition coefficient (Wildman–Crippen LogP) is 4.07. The molecule has 1 heterocycles. The highest BCUT2D eigenvalue weighted by Gasteiger charge is 2.55. The molecule has 1 N–H and O–H groups in total. The average molecular weight is 446 g/mol. The van der Waals surface area contributed by atoms with Crippen LogP contribution in [0.1, 0.15) is 32.6 Å². The van der Waals surface area contributed by atoms with Gasteiger partial charge in [-0.1, -0.05) is 55.3 Å². The molecular formula is C16H20F6N4O2S. The summed E-state index contributed by atoms with van der Waals surface area (Å²) in [4.78, 5) is 0. The molecule has 6 nitrogen and oxygen atoms in total. The normalized spacial score (nSPS) is 13.1.